The Morgan fingerprint density at radius 2 is 2.04 bits per heavy atom. The van der Waals surface area contributed by atoms with Crippen LogP contribution in [-0.4, -0.2) is 15.7 Å². The van der Waals surface area contributed by atoms with Crippen LogP contribution < -0.4 is 5.32 Å². The molecule has 0 saturated carbocycles. The normalized spacial score (nSPS) is 10.6. The van der Waals surface area contributed by atoms with Gasteiger partial charge in [0.15, 0.2) is 5.82 Å². The summed E-state index contributed by atoms with van der Waals surface area (Å²) >= 11 is 9.61. The van der Waals surface area contributed by atoms with E-state index in [0.29, 0.717) is 22.9 Å². The molecule has 0 unspecified atom stereocenters. The largest absolute Gasteiger partial charge is 0.304 e. The minimum Gasteiger partial charge on any atom is -0.304 e. The van der Waals surface area contributed by atoms with E-state index in [0.717, 1.165) is 15.6 Å². The molecular weight excluding hydrogens is 390 g/mol. The van der Waals surface area contributed by atoms with Gasteiger partial charge < -0.3 is 5.32 Å². The molecule has 122 valence electrons. The molecule has 0 aliphatic heterocycles. The lowest BCUT2D eigenvalue weighted by molar-refractivity contribution is 0.102. The van der Waals surface area contributed by atoms with E-state index in [-0.39, 0.29) is 5.91 Å². The number of aryl methyl sites for hydroxylation is 1. The average Bonchev–Trinajstić information content (AvgIpc) is 2.89. The maximum atomic E-state index is 12.3. The number of hydrogen-bond acceptors (Lipinski definition) is 2. The van der Waals surface area contributed by atoms with Crippen molar-refractivity contribution in [1.82, 2.24) is 9.78 Å². The first kappa shape index (κ1) is 16.7. The van der Waals surface area contributed by atoms with Gasteiger partial charge in [-0.2, -0.15) is 5.10 Å². The molecule has 6 heteroatoms. The molecule has 0 aliphatic carbocycles. The number of anilines is 1. The van der Waals surface area contributed by atoms with Gasteiger partial charge in [0, 0.05) is 16.8 Å². The third-order valence-corrected chi connectivity index (χ3v) is 4.47. The molecule has 0 aliphatic rings. The first-order valence-electron chi connectivity index (χ1n) is 7.37. The van der Waals surface area contributed by atoms with Crippen molar-refractivity contribution in [2.24, 2.45) is 0 Å². The van der Waals surface area contributed by atoms with Gasteiger partial charge in [-0.25, -0.2) is 0 Å². The van der Waals surface area contributed by atoms with Crippen LogP contribution >= 0.6 is 27.5 Å². The second-order valence-corrected chi connectivity index (χ2v) is 6.70. The Bertz CT molecular complexity index is 891. The zero-order valence-electron chi connectivity index (χ0n) is 13.0. The maximum Gasteiger partial charge on any atom is 0.256 e. The zero-order valence-corrected chi connectivity index (χ0v) is 15.3. The predicted octanol–water partition coefficient (Wildman–Crippen LogP) is 4.91. The highest BCUT2D eigenvalue weighted by molar-refractivity contribution is 9.10. The number of aromatic nitrogens is 2. The number of carbonyl (C=O) groups excluding carboxylic acids is 1. The number of nitrogens with zero attached hydrogens (tertiary/aromatic N) is 2. The van der Waals surface area contributed by atoms with E-state index in [1.54, 1.807) is 10.7 Å². The Hall–Kier alpha value is -2.11. The van der Waals surface area contributed by atoms with Crippen molar-refractivity contribution in [2.75, 3.05) is 5.32 Å². The molecule has 0 radical (unpaired) electrons. The Kier molecular flexibility index (Phi) is 5.02. The Morgan fingerprint density at radius 1 is 1.25 bits per heavy atom. The summed E-state index contributed by atoms with van der Waals surface area (Å²) in [4.78, 5) is 12.3. The van der Waals surface area contributed by atoms with Crippen LogP contribution in [0.4, 0.5) is 5.82 Å². The molecule has 1 amide bonds. The summed E-state index contributed by atoms with van der Waals surface area (Å²) in [6.45, 7) is 2.48. The van der Waals surface area contributed by atoms with E-state index in [2.05, 4.69) is 26.3 Å². The number of benzene rings is 2. The highest BCUT2D eigenvalue weighted by Crippen LogP contribution is 2.23. The summed E-state index contributed by atoms with van der Waals surface area (Å²) in [5, 5.41) is 7.93. The van der Waals surface area contributed by atoms with Gasteiger partial charge in [0.1, 0.15) is 0 Å². The van der Waals surface area contributed by atoms with E-state index < -0.39 is 0 Å². The standard InChI is InChI=1S/C18H15BrClN3O/c1-12-5-4-7-13(9-12)18(24)21-17-15(19)11-23(22-17)10-14-6-2-3-8-16(14)20/h2-9,11H,10H2,1H3,(H,21,22,24). The van der Waals surface area contributed by atoms with Gasteiger partial charge in [-0.05, 0) is 46.6 Å². The Labute approximate surface area is 153 Å². The number of halogens is 2. The molecule has 3 aromatic rings. The number of nitrogens with one attached hydrogen (secondary N) is 1. The van der Waals surface area contributed by atoms with E-state index in [4.69, 9.17) is 11.6 Å². The van der Waals surface area contributed by atoms with Gasteiger partial charge >= 0.3 is 0 Å². The van der Waals surface area contributed by atoms with Crippen molar-refractivity contribution in [3.8, 4) is 0 Å². The molecule has 0 fully saturated rings. The quantitative estimate of drug-likeness (QED) is 0.672. The third-order valence-electron chi connectivity index (χ3n) is 3.52. The Balaban J connectivity index is 1.77. The second-order valence-electron chi connectivity index (χ2n) is 5.44. The number of hydrogen-bond donors (Lipinski definition) is 1. The highest BCUT2D eigenvalue weighted by Gasteiger charge is 2.13. The van der Waals surface area contributed by atoms with Crippen LogP contribution in [-0.2, 0) is 6.54 Å². The number of carbonyl (C=O) groups is 1. The minimum atomic E-state index is -0.192. The van der Waals surface area contributed by atoms with Crippen LogP contribution in [0.25, 0.3) is 0 Å². The van der Waals surface area contributed by atoms with Gasteiger partial charge in [0.2, 0.25) is 0 Å². The first-order chi connectivity index (χ1) is 11.5. The topological polar surface area (TPSA) is 46.9 Å². The number of rotatable bonds is 4. The number of amides is 1. The van der Waals surface area contributed by atoms with Gasteiger partial charge in [0.25, 0.3) is 5.91 Å². The lowest BCUT2D eigenvalue weighted by Crippen LogP contribution is -2.13. The lowest BCUT2D eigenvalue weighted by Gasteiger charge is -2.05. The molecule has 3 rings (SSSR count). The minimum absolute atomic E-state index is 0.192. The second kappa shape index (κ2) is 7.20. The summed E-state index contributed by atoms with van der Waals surface area (Å²) in [5.74, 6) is 0.288. The maximum absolute atomic E-state index is 12.3. The van der Waals surface area contributed by atoms with Crippen molar-refractivity contribution in [2.45, 2.75) is 13.5 Å². The summed E-state index contributed by atoms with van der Waals surface area (Å²) < 4.78 is 2.45. The molecule has 0 saturated heterocycles. The molecule has 4 nitrogen and oxygen atoms in total. The van der Waals surface area contributed by atoms with Gasteiger partial charge in [-0.1, -0.05) is 47.5 Å². The first-order valence-corrected chi connectivity index (χ1v) is 8.54. The van der Waals surface area contributed by atoms with Crippen molar-refractivity contribution in [3.05, 3.63) is 80.9 Å². The fourth-order valence-corrected chi connectivity index (χ4v) is 2.94. The molecule has 0 atom stereocenters. The fourth-order valence-electron chi connectivity index (χ4n) is 2.33. The summed E-state index contributed by atoms with van der Waals surface area (Å²) in [6, 6.07) is 15.0. The SMILES string of the molecule is Cc1cccc(C(=O)Nc2nn(Cc3ccccc3Cl)cc2Br)c1. The van der Waals surface area contributed by atoms with Crippen LogP contribution in [0, 0.1) is 6.92 Å². The third kappa shape index (κ3) is 3.86. The summed E-state index contributed by atoms with van der Waals surface area (Å²) in [6.07, 6.45) is 1.81. The van der Waals surface area contributed by atoms with Crippen LogP contribution in [0.3, 0.4) is 0 Å². The van der Waals surface area contributed by atoms with Gasteiger partial charge in [-0.3, -0.25) is 9.48 Å². The van der Waals surface area contributed by atoms with E-state index in [1.165, 1.54) is 0 Å². The molecule has 0 spiro atoms. The average molecular weight is 405 g/mol. The van der Waals surface area contributed by atoms with Crippen LogP contribution in [0.15, 0.2) is 59.2 Å². The molecule has 1 N–H and O–H groups in total. The highest BCUT2D eigenvalue weighted by atomic mass is 79.9. The van der Waals surface area contributed by atoms with E-state index in [9.17, 15) is 4.79 Å². The molecular formula is C18H15BrClN3O. The molecule has 0 bridgehead atoms. The van der Waals surface area contributed by atoms with Gasteiger partial charge in [0.05, 0.1) is 11.0 Å². The van der Waals surface area contributed by atoms with Crippen LogP contribution in [0.5, 0.6) is 0 Å². The lowest BCUT2D eigenvalue weighted by atomic mass is 10.1. The Morgan fingerprint density at radius 3 is 2.79 bits per heavy atom. The monoisotopic (exact) mass is 403 g/mol. The molecule has 1 heterocycles. The molecule has 1 aromatic heterocycles. The molecule has 24 heavy (non-hydrogen) atoms. The predicted molar refractivity (Wildman–Crippen MR) is 99.6 cm³/mol. The van der Waals surface area contributed by atoms with Crippen molar-refractivity contribution in [1.29, 1.82) is 0 Å². The van der Waals surface area contributed by atoms with Gasteiger partial charge in [-0.15, -0.1) is 0 Å². The summed E-state index contributed by atoms with van der Waals surface area (Å²) in [5.41, 5.74) is 2.60. The molecule has 2 aromatic carbocycles. The van der Waals surface area contributed by atoms with E-state index >= 15 is 0 Å². The van der Waals surface area contributed by atoms with E-state index in [1.807, 2.05) is 55.6 Å². The van der Waals surface area contributed by atoms with Crippen molar-refractivity contribution < 1.29 is 4.79 Å². The van der Waals surface area contributed by atoms with Crippen LogP contribution in [0.1, 0.15) is 21.5 Å². The fraction of sp³-hybridized carbons (Fsp3) is 0.111. The van der Waals surface area contributed by atoms with Crippen molar-refractivity contribution >= 4 is 39.3 Å². The smallest absolute Gasteiger partial charge is 0.256 e. The summed E-state index contributed by atoms with van der Waals surface area (Å²) in [7, 11) is 0. The van der Waals surface area contributed by atoms with Crippen molar-refractivity contribution in [3.63, 3.8) is 0 Å². The van der Waals surface area contributed by atoms with Crippen LogP contribution in [0.2, 0.25) is 5.02 Å². The zero-order chi connectivity index (χ0) is 17.1.